The highest BCUT2D eigenvalue weighted by molar-refractivity contribution is 9.10. The molecule has 0 saturated heterocycles. The number of hydrogen-bond acceptors (Lipinski definition) is 3. The SMILES string of the molecule is CCN(CC)CCCN(CC)CC(=O)c1cccc(Br)c1. The summed E-state index contributed by atoms with van der Waals surface area (Å²) < 4.78 is 0.956. The Morgan fingerprint density at radius 1 is 1.05 bits per heavy atom. The standard InChI is InChI=1S/C17H27BrN2O/c1-4-19(5-2)11-8-12-20(6-3)14-17(21)15-9-7-10-16(18)13-15/h7,9-10,13H,4-6,8,11-12,14H2,1-3H3. The van der Waals surface area contributed by atoms with Gasteiger partial charge in [0.1, 0.15) is 0 Å². The Bertz CT molecular complexity index is 433. The van der Waals surface area contributed by atoms with E-state index < -0.39 is 0 Å². The smallest absolute Gasteiger partial charge is 0.176 e. The van der Waals surface area contributed by atoms with Crippen molar-refractivity contribution in [3.8, 4) is 0 Å². The second-order valence-corrected chi connectivity index (χ2v) is 6.10. The molecular weight excluding hydrogens is 328 g/mol. The Morgan fingerprint density at radius 2 is 1.67 bits per heavy atom. The van der Waals surface area contributed by atoms with Gasteiger partial charge in [0.2, 0.25) is 0 Å². The number of benzene rings is 1. The van der Waals surface area contributed by atoms with Crippen LogP contribution in [0.5, 0.6) is 0 Å². The maximum atomic E-state index is 12.3. The predicted molar refractivity (Wildman–Crippen MR) is 93.0 cm³/mol. The van der Waals surface area contributed by atoms with E-state index in [-0.39, 0.29) is 5.78 Å². The Morgan fingerprint density at radius 3 is 2.24 bits per heavy atom. The molecule has 4 heteroatoms. The van der Waals surface area contributed by atoms with E-state index in [9.17, 15) is 4.79 Å². The zero-order chi connectivity index (χ0) is 15.7. The lowest BCUT2D eigenvalue weighted by Crippen LogP contribution is -2.33. The van der Waals surface area contributed by atoms with Gasteiger partial charge >= 0.3 is 0 Å². The summed E-state index contributed by atoms with van der Waals surface area (Å²) in [5, 5.41) is 0. The van der Waals surface area contributed by atoms with Crippen LogP contribution in [-0.4, -0.2) is 54.9 Å². The van der Waals surface area contributed by atoms with Crippen LogP contribution in [0.1, 0.15) is 37.6 Å². The molecule has 0 aliphatic carbocycles. The third-order valence-electron chi connectivity index (χ3n) is 3.80. The maximum Gasteiger partial charge on any atom is 0.176 e. The van der Waals surface area contributed by atoms with E-state index in [1.54, 1.807) is 0 Å². The van der Waals surface area contributed by atoms with Crippen molar-refractivity contribution in [3.63, 3.8) is 0 Å². The van der Waals surface area contributed by atoms with Crippen LogP contribution in [0.4, 0.5) is 0 Å². The fourth-order valence-corrected chi connectivity index (χ4v) is 2.76. The van der Waals surface area contributed by atoms with Gasteiger partial charge in [0.05, 0.1) is 6.54 Å². The van der Waals surface area contributed by atoms with Crippen LogP contribution in [0.15, 0.2) is 28.7 Å². The third-order valence-corrected chi connectivity index (χ3v) is 4.30. The fourth-order valence-electron chi connectivity index (χ4n) is 2.36. The minimum Gasteiger partial charge on any atom is -0.304 e. The summed E-state index contributed by atoms with van der Waals surface area (Å²) in [5.41, 5.74) is 0.784. The molecule has 0 radical (unpaired) electrons. The molecule has 0 N–H and O–H groups in total. The fraction of sp³-hybridized carbons (Fsp3) is 0.588. The lowest BCUT2D eigenvalue weighted by molar-refractivity contribution is 0.0930. The van der Waals surface area contributed by atoms with Crippen molar-refractivity contribution in [2.45, 2.75) is 27.2 Å². The molecule has 0 heterocycles. The molecule has 118 valence electrons. The van der Waals surface area contributed by atoms with Crippen molar-refractivity contribution in [1.82, 2.24) is 9.80 Å². The molecule has 0 amide bonds. The van der Waals surface area contributed by atoms with Crippen molar-refractivity contribution in [2.24, 2.45) is 0 Å². The van der Waals surface area contributed by atoms with Gasteiger partial charge in [-0.3, -0.25) is 9.69 Å². The Labute approximate surface area is 137 Å². The molecule has 0 atom stereocenters. The summed E-state index contributed by atoms with van der Waals surface area (Å²) in [6, 6.07) is 7.63. The van der Waals surface area contributed by atoms with E-state index in [2.05, 4.69) is 46.5 Å². The van der Waals surface area contributed by atoms with Crippen LogP contribution in [0.3, 0.4) is 0 Å². The average molecular weight is 355 g/mol. The van der Waals surface area contributed by atoms with Gasteiger partial charge < -0.3 is 4.90 Å². The highest BCUT2D eigenvalue weighted by atomic mass is 79.9. The van der Waals surface area contributed by atoms with E-state index in [1.807, 2.05) is 24.3 Å². The maximum absolute atomic E-state index is 12.3. The highest BCUT2D eigenvalue weighted by Gasteiger charge is 2.11. The monoisotopic (exact) mass is 354 g/mol. The first-order valence-corrected chi connectivity index (χ1v) is 8.63. The molecule has 0 bridgehead atoms. The number of carbonyl (C=O) groups excluding carboxylic acids is 1. The third kappa shape index (κ3) is 6.72. The van der Waals surface area contributed by atoms with E-state index in [1.165, 1.54) is 0 Å². The van der Waals surface area contributed by atoms with Crippen LogP contribution in [0, 0.1) is 0 Å². The number of ketones is 1. The van der Waals surface area contributed by atoms with Gasteiger partial charge in [0, 0.05) is 10.0 Å². The average Bonchev–Trinajstić information content (AvgIpc) is 2.50. The lowest BCUT2D eigenvalue weighted by atomic mass is 10.1. The number of likely N-dealkylation sites (N-methyl/N-ethyl adjacent to an activating group) is 1. The Hall–Kier alpha value is -0.710. The van der Waals surface area contributed by atoms with Gasteiger partial charge in [-0.05, 0) is 51.3 Å². The van der Waals surface area contributed by atoms with E-state index in [0.717, 1.165) is 49.2 Å². The summed E-state index contributed by atoms with van der Waals surface area (Å²) in [4.78, 5) is 17.0. The first-order valence-electron chi connectivity index (χ1n) is 7.84. The second kappa shape index (κ2) is 10.1. The largest absolute Gasteiger partial charge is 0.304 e. The summed E-state index contributed by atoms with van der Waals surface area (Å²) >= 11 is 3.42. The topological polar surface area (TPSA) is 23.6 Å². The van der Waals surface area contributed by atoms with Crippen molar-refractivity contribution in [2.75, 3.05) is 39.3 Å². The number of Topliss-reactive ketones (excluding diaryl/α,β-unsaturated/α-hetero) is 1. The molecule has 1 aromatic carbocycles. The summed E-state index contributed by atoms with van der Waals surface area (Å²) in [5.74, 6) is 0.195. The zero-order valence-corrected chi connectivity index (χ0v) is 15.0. The van der Waals surface area contributed by atoms with Crippen molar-refractivity contribution in [3.05, 3.63) is 34.3 Å². The number of halogens is 1. The minimum atomic E-state index is 0.195. The molecule has 0 aliphatic rings. The van der Waals surface area contributed by atoms with Crippen LogP contribution >= 0.6 is 15.9 Å². The van der Waals surface area contributed by atoms with Gasteiger partial charge in [-0.25, -0.2) is 0 Å². The van der Waals surface area contributed by atoms with Gasteiger partial charge in [-0.2, -0.15) is 0 Å². The molecule has 21 heavy (non-hydrogen) atoms. The van der Waals surface area contributed by atoms with E-state index >= 15 is 0 Å². The molecule has 0 unspecified atom stereocenters. The van der Waals surface area contributed by atoms with Crippen LogP contribution in [0.25, 0.3) is 0 Å². The second-order valence-electron chi connectivity index (χ2n) is 5.18. The lowest BCUT2D eigenvalue weighted by Gasteiger charge is -2.22. The van der Waals surface area contributed by atoms with Gasteiger partial charge in [0.15, 0.2) is 5.78 Å². The summed E-state index contributed by atoms with van der Waals surface area (Å²) in [6.45, 7) is 12.2. The normalized spacial score (nSPS) is 11.3. The number of nitrogens with zero attached hydrogens (tertiary/aromatic N) is 2. The number of hydrogen-bond donors (Lipinski definition) is 0. The molecule has 1 rings (SSSR count). The van der Waals surface area contributed by atoms with Crippen molar-refractivity contribution in [1.29, 1.82) is 0 Å². The molecule has 0 aliphatic heterocycles. The van der Waals surface area contributed by atoms with E-state index in [4.69, 9.17) is 0 Å². The quantitative estimate of drug-likeness (QED) is 0.598. The molecule has 0 aromatic heterocycles. The first kappa shape index (κ1) is 18.3. The Kier molecular flexibility index (Phi) is 8.81. The van der Waals surface area contributed by atoms with Crippen molar-refractivity contribution >= 4 is 21.7 Å². The number of rotatable bonds is 10. The van der Waals surface area contributed by atoms with Crippen LogP contribution < -0.4 is 0 Å². The van der Waals surface area contributed by atoms with Crippen LogP contribution in [0.2, 0.25) is 0 Å². The van der Waals surface area contributed by atoms with Gasteiger partial charge in [0.25, 0.3) is 0 Å². The Balaban J connectivity index is 2.44. The van der Waals surface area contributed by atoms with Crippen LogP contribution in [-0.2, 0) is 0 Å². The highest BCUT2D eigenvalue weighted by Crippen LogP contribution is 2.12. The molecule has 0 spiro atoms. The molecule has 0 saturated carbocycles. The number of carbonyl (C=O) groups is 1. The molecule has 3 nitrogen and oxygen atoms in total. The first-order chi connectivity index (χ1) is 10.1. The van der Waals surface area contributed by atoms with Crippen molar-refractivity contribution < 1.29 is 4.79 Å². The summed E-state index contributed by atoms with van der Waals surface area (Å²) in [6.07, 6.45) is 1.11. The minimum absolute atomic E-state index is 0.195. The molecular formula is C17H27BrN2O. The van der Waals surface area contributed by atoms with E-state index in [0.29, 0.717) is 6.54 Å². The summed E-state index contributed by atoms with van der Waals surface area (Å²) in [7, 11) is 0. The van der Waals surface area contributed by atoms with Gasteiger partial charge in [-0.15, -0.1) is 0 Å². The molecule has 0 fully saturated rings. The predicted octanol–water partition coefficient (Wildman–Crippen LogP) is 3.69. The zero-order valence-electron chi connectivity index (χ0n) is 13.4. The molecule has 1 aromatic rings. The van der Waals surface area contributed by atoms with Gasteiger partial charge in [-0.1, -0.05) is 48.8 Å².